The van der Waals surface area contributed by atoms with E-state index in [4.69, 9.17) is 9.47 Å². The third kappa shape index (κ3) is 2.99. The summed E-state index contributed by atoms with van der Waals surface area (Å²) < 4.78 is 12.1. The van der Waals surface area contributed by atoms with Crippen LogP contribution in [-0.2, 0) is 6.54 Å². The van der Waals surface area contributed by atoms with Gasteiger partial charge in [0.05, 0.1) is 19.7 Å². The highest BCUT2D eigenvalue weighted by Gasteiger charge is 2.10. The standard InChI is InChI=1S/C18H18N2O3/c1-22-15-8-7-14(17(11-15)23-2)12-19-18(21)20-10-9-13-5-3-4-6-16(13)20/h3-11H,12H2,1-2H3,(H,19,21). The molecule has 0 saturated heterocycles. The van der Waals surface area contributed by atoms with Crippen LogP contribution in [-0.4, -0.2) is 24.8 Å². The predicted molar refractivity (Wildman–Crippen MR) is 89.1 cm³/mol. The van der Waals surface area contributed by atoms with Crippen molar-refractivity contribution in [1.29, 1.82) is 0 Å². The van der Waals surface area contributed by atoms with Crippen molar-refractivity contribution in [1.82, 2.24) is 9.88 Å². The number of hydrogen-bond donors (Lipinski definition) is 1. The topological polar surface area (TPSA) is 52.5 Å². The number of carbonyl (C=O) groups excluding carboxylic acids is 1. The molecule has 0 spiro atoms. The molecule has 1 N–H and O–H groups in total. The highest BCUT2D eigenvalue weighted by molar-refractivity contribution is 5.91. The second-order valence-corrected chi connectivity index (χ2v) is 5.08. The summed E-state index contributed by atoms with van der Waals surface area (Å²) >= 11 is 0. The van der Waals surface area contributed by atoms with E-state index >= 15 is 0 Å². The molecule has 23 heavy (non-hydrogen) atoms. The van der Waals surface area contributed by atoms with E-state index in [1.807, 2.05) is 42.5 Å². The SMILES string of the molecule is COc1ccc(CNC(=O)n2ccc3ccccc32)c(OC)c1. The Morgan fingerprint density at radius 3 is 2.70 bits per heavy atom. The summed E-state index contributed by atoms with van der Waals surface area (Å²) in [6.07, 6.45) is 1.77. The smallest absolute Gasteiger partial charge is 0.326 e. The first kappa shape index (κ1) is 15.0. The first-order valence-corrected chi connectivity index (χ1v) is 7.28. The summed E-state index contributed by atoms with van der Waals surface area (Å²) in [7, 11) is 3.20. The van der Waals surface area contributed by atoms with Gasteiger partial charge >= 0.3 is 6.03 Å². The average Bonchev–Trinajstić information content (AvgIpc) is 3.03. The fraction of sp³-hybridized carbons (Fsp3) is 0.167. The van der Waals surface area contributed by atoms with E-state index in [0.717, 1.165) is 16.5 Å². The second-order valence-electron chi connectivity index (χ2n) is 5.08. The van der Waals surface area contributed by atoms with Gasteiger partial charge in [-0.2, -0.15) is 0 Å². The lowest BCUT2D eigenvalue weighted by Gasteiger charge is -2.12. The van der Waals surface area contributed by atoms with Crippen molar-refractivity contribution >= 4 is 16.9 Å². The molecule has 0 aliphatic heterocycles. The van der Waals surface area contributed by atoms with Gasteiger partial charge in [-0.1, -0.05) is 18.2 Å². The van der Waals surface area contributed by atoms with Crippen molar-refractivity contribution in [3.8, 4) is 11.5 Å². The largest absolute Gasteiger partial charge is 0.497 e. The molecule has 0 saturated carbocycles. The number of fused-ring (bicyclic) bond motifs is 1. The van der Waals surface area contributed by atoms with Crippen LogP contribution in [0.4, 0.5) is 4.79 Å². The van der Waals surface area contributed by atoms with E-state index in [0.29, 0.717) is 18.0 Å². The molecular formula is C18H18N2O3. The Hall–Kier alpha value is -2.95. The van der Waals surface area contributed by atoms with Gasteiger partial charge in [0.25, 0.3) is 0 Å². The number of rotatable bonds is 4. The lowest BCUT2D eigenvalue weighted by Crippen LogP contribution is -2.27. The van der Waals surface area contributed by atoms with Gasteiger partial charge in [-0.3, -0.25) is 4.57 Å². The molecule has 3 aromatic rings. The highest BCUT2D eigenvalue weighted by atomic mass is 16.5. The zero-order valence-corrected chi connectivity index (χ0v) is 13.1. The Bertz CT molecular complexity index is 839. The molecule has 1 heterocycles. The molecule has 0 unspecified atom stereocenters. The lowest BCUT2D eigenvalue weighted by molar-refractivity contribution is 0.242. The number of para-hydroxylation sites is 1. The van der Waals surface area contributed by atoms with Crippen molar-refractivity contribution in [2.75, 3.05) is 14.2 Å². The third-order valence-corrected chi connectivity index (χ3v) is 3.74. The van der Waals surface area contributed by atoms with Gasteiger partial charge in [-0.15, -0.1) is 0 Å². The number of hydrogen-bond acceptors (Lipinski definition) is 3. The van der Waals surface area contributed by atoms with Crippen LogP contribution in [0.3, 0.4) is 0 Å². The quantitative estimate of drug-likeness (QED) is 0.803. The van der Waals surface area contributed by atoms with E-state index in [9.17, 15) is 4.79 Å². The summed E-state index contributed by atoms with van der Waals surface area (Å²) in [5.74, 6) is 1.40. The average molecular weight is 310 g/mol. The van der Waals surface area contributed by atoms with Crippen LogP contribution in [0.25, 0.3) is 10.9 Å². The number of amides is 1. The molecule has 0 radical (unpaired) electrons. The van der Waals surface area contributed by atoms with Crippen molar-refractivity contribution in [2.45, 2.75) is 6.54 Å². The van der Waals surface area contributed by atoms with Crippen LogP contribution in [0.2, 0.25) is 0 Å². The van der Waals surface area contributed by atoms with E-state index in [-0.39, 0.29) is 6.03 Å². The Kier molecular flexibility index (Phi) is 4.19. The molecule has 3 rings (SSSR count). The first-order chi connectivity index (χ1) is 11.2. The van der Waals surface area contributed by atoms with Crippen LogP contribution in [0.5, 0.6) is 11.5 Å². The van der Waals surface area contributed by atoms with Crippen molar-refractivity contribution in [3.63, 3.8) is 0 Å². The van der Waals surface area contributed by atoms with Crippen molar-refractivity contribution in [3.05, 3.63) is 60.3 Å². The lowest BCUT2D eigenvalue weighted by atomic mass is 10.2. The summed E-state index contributed by atoms with van der Waals surface area (Å²) in [6, 6.07) is 15.0. The van der Waals surface area contributed by atoms with Crippen LogP contribution >= 0.6 is 0 Å². The fourth-order valence-corrected chi connectivity index (χ4v) is 2.51. The van der Waals surface area contributed by atoms with Crippen LogP contribution < -0.4 is 14.8 Å². The molecule has 0 atom stereocenters. The van der Waals surface area contributed by atoms with Crippen LogP contribution in [0.15, 0.2) is 54.7 Å². The van der Waals surface area contributed by atoms with Gasteiger partial charge in [0.15, 0.2) is 0 Å². The minimum atomic E-state index is -0.177. The number of nitrogens with zero attached hydrogens (tertiary/aromatic N) is 1. The van der Waals surface area contributed by atoms with E-state index in [1.54, 1.807) is 31.0 Å². The highest BCUT2D eigenvalue weighted by Crippen LogP contribution is 2.24. The van der Waals surface area contributed by atoms with E-state index in [1.165, 1.54) is 0 Å². The van der Waals surface area contributed by atoms with Gasteiger partial charge in [0.2, 0.25) is 0 Å². The zero-order chi connectivity index (χ0) is 16.2. The van der Waals surface area contributed by atoms with E-state index in [2.05, 4.69) is 5.32 Å². The van der Waals surface area contributed by atoms with Gasteiger partial charge in [-0.25, -0.2) is 4.79 Å². The molecule has 0 aliphatic carbocycles. The first-order valence-electron chi connectivity index (χ1n) is 7.28. The number of carbonyl (C=O) groups is 1. The minimum Gasteiger partial charge on any atom is -0.497 e. The Morgan fingerprint density at radius 1 is 1.09 bits per heavy atom. The van der Waals surface area contributed by atoms with Gasteiger partial charge in [0.1, 0.15) is 11.5 Å². The molecule has 1 aromatic heterocycles. The maximum atomic E-state index is 12.4. The van der Waals surface area contributed by atoms with Crippen LogP contribution in [0.1, 0.15) is 5.56 Å². The molecule has 0 bridgehead atoms. The zero-order valence-electron chi connectivity index (χ0n) is 13.1. The Labute approximate surface area is 134 Å². The second kappa shape index (κ2) is 6.44. The van der Waals surface area contributed by atoms with Crippen molar-refractivity contribution < 1.29 is 14.3 Å². The van der Waals surface area contributed by atoms with Gasteiger partial charge < -0.3 is 14.8 Å². The Balaban J connectivity index is 1.77. The van der Waals surface area contributed by atoms with Gasteiger partial charge in [-0.05, 0) is 24.3 Å². The van der Waals surface area contributed by atoms with Crippen LogP contribution in [0, 0.1) is 0 Å². The molecule has 2 aromatic carbocycles. The molecule has 5 heteroatoms. The monoisotopic (exact) mass is 310 g/mol. The number of ether oxygens (including phenoxy) is 2. The normalized spacial score (nSPS) is 10.5. The molecule has 0 aliphatic rings. The molecule has 5 nitrogen and oxygen atoms in total. The summed E-state index contributed by atoms with van der Waals surface area (Å²) in [6.45, 7) is 0.374. The predicted octanol–water partition coefficient (Wildman–Crippen LogP) is 3.42. The number of benzene rings is 2. The third-order valence-electron chi connectivity index (χ3n) is 3.74. The summed E-state index contributed by atoms with van der Waals surface area (Å²) in [5.41, 5.74) is 1.77. The number of aromatic nitrogens is 1. The minimum absolute atomic E-state index is 0.177. The summed E-state index contributed by atoms with van der Waals surface area (Å²) in [5, 5.41) is 3.94. The fourth-order valence-electron chi connectivity index (χ4n) is 2.51. The molecular weight excluding hydrogens is 292 g/mol. The van der Waals surface area contributed by atoms with E-state index < -0.39 is 0 Å². The molecule has 118 valence electrons. The van der Waals surface area contributed by atoms with Gasteiger partial charge in [0, 0.05) is 29.8 Å². The molecule has 1 amide bonds. The van der Waals surface area contributed by atoms with Crippen molar-refractivity contribution in [2.24, 2.45) is 0 Å². The number of methoxy groups -OCH3 is 2. The Morgan fingerprint density at radius 2 is 1.91 bits per heavy atom. The maximum absolute atomic E-state index is 12.4. The summed E-state index contributed by atoms with van der Waals surface area (Å²) in [4.78, 5) is 12.4. The maximum Gasteiger partial charge on any atom is 0.326 e. The molecule has 0 fully saturated rings. The number of nitrogens with one attached hydrogen (secondary N) is 1.